The van der Waals surface area contributed by atoms with E-state index in [0.29, 0.717) is 28.8 Å². The second kappa shape index (κ2) is 8.78. The first-order valence-corrected chi connectivity index (χ1v) is 14.0. The summed E-state index contributed by atoms with van der Waals surface area (Å²) < 4.78 is 2.24. The van der Waals surface area contributed by atoms with Gasteiger partial charge < -0.3 is 11.1 Å². The fraction of sp³-hybridized carbons (Fsp3) is 0.484. The molecule has 1 amide bonds. The summed E-state index contributed by atoms with van der Waals surface area (Å²) in [6.07, 6.45) is 12.8. The number of aromatic nitrogens is 3. The predicted octanol–water partition coefficient (Wildman–Crippen LogP) is 4.75. The van der Waals surface area contributed by atoms with Crippen molar-refractivity contribution < 1.29 is 4.79 Å². The smallest absolute Gasteiger partial charge is 0.249 e. The van der Waals surface area contributed by atoms with Crippen molar-refractivity contribution in [2.75, 3.05) is 6.54 Å². The molecule has 1 aromatic carbocycles. The molecule has 3 heterocycles. The topological polar surface area (TPSA) is 110 Å². The number of nitrogens with zero attached hydrogens (tertiary/aromatic N) is 4. The molecule has 5 aliphatic rings. The molecule has 8 rings (SSSR count). The van der Waals surface area contributed by atoms with Crippen LogP contribution in [0.5, 0.6) is 0 Å². The van der Waals surface area contributed by atoms with Crippen molar-refractivity contribution >= 4 is 5.91 Å². The second-order valence-corrected chi connectivity index (χ2v) is 12.3. The van der Waals surface area contributed by atoms with Crippen LogP contribution in [-0.4, -0.2) is 27.2 Å². The summed E-state index contributed by atoms with van der Waals surface area (Å²) in [5, 5.41) is 18.3. The van der Waals surface area contributed by atoms with Crippen LogP contribution < -0.4 is 11.1 Å². The molecule has 194 valence electrons. The minimum absolute atomic E-state index is 0.375. The molecule has 7 heteroatoms. The highest BCUT2D eigenvalue weighted by molar-refractivity contribution is 6.00. The lowest BCUT2D eigenvalue weighted by molar-refractivity contribution is -0.0638. The minimum Gasteiger partial charge on any atom is -0.366 e. The number of fused-ring (bicyclic) bond motifs is 1. The molecular weight excluding hydrogens is 472 g/mol. The molecular formula is C31H34N6O. The molecule has 0 radical (unpaired) electrons. The number of nitriles is 1. The largest absolute Gasteiger partial charge is 0.366 e. The van der Waals surface area contributed by atoms with Gasteiger partial charge >= 0.3 is 0 Å². The van der Waals surface area contributed by atoms with Crippen LogP contribution >= 0.6 is 0 Å². The Kier molecular flexibility index (Phi) is 5.45. The van der Waals surface area contributed by atoms with Crippen LogP contribution in [-0.2, 0) is 19.5 Å². The molecule has 3 aromatic rings. The van der Waals surface area contributed by atoms with Crippen LogP contribution in [0, 0.1) is 41.4 Å². The van der Waals surface area contributed by atoms with Gasteiger partial charge in [-0.1, -0.05) is 0 Å². The maximum Gasteiger partial charge on any atom is 0.249 e. The Morgan fingerprint density at radius 1 is 1.18 bits per heavy atom. The number of rotatable bonds is 5. The number of carbonyl (C=O) groups is 1. The van der Waals surface area contributed by atoms with E-state index >= 15 is 0 Å². The number of primary amides is 1. The van der Waals surface area contributed by atoms with Gasteiger partial charge in [0.2, 0.25) is 5.91 Å². The zero-order chi connectivity index (χ0) is 26.0. The van der Waals surface area contributed by atoms with Gasteiger partial charge in [-0.05, 0) is 116 Å². The van der Waals surface area contributed by atoms with Crippen LogP contribution in [0.15, 0.2) is 30.6 Å². The van der Waals surface area contributed by atoms with Crippen molar-refractivity contribution in [3.05, 3.63) is 58.5 Å². The predicted molar refractivity (Wildman–Crippen MR) is 145 cm³/mol. The second-order valence-electron chi connectivity index (χ2n) is 12.3. The summed E-state index contributed by atoms with van der Waals surface area (Å²) in [6, 6.07) is 7.69. The van der Waals surface area contributed by atoms with E-state index in [4.69, 9.17) is 10.8 Å². The molecule has 7 nitrogen and oxygen atoms in total. The van der Waals surface area contributed by atoms with Crippen molar-refractivity contribution in [2.24, 2.45) is 28.9 Å². The third-order valence-electron chi connectivity index (χ3n) is 9.87. The fourth-order valence-corrected chi connectivity index (χ4v) is 8.76. The molecule has 0 atom stereocenters. The van der Waals surface area contributed by atoms with Crippen molar-refractivity contribution in [2.45, 2.75) is 65.0 Å². The fourth-order valence-electron chi connectivity index (χ4n) is 8.76. The Morgan fingerprint density at radius 2 is 1.92 bits per heavy atom. The Morgan fingerprint density at radius 3 is 2.61 bits per heavy atom. The van der Waals surface area contributed by atoms with Crippen LogP contribution in [0.25, 0.3) is 22.4 Å². The number of nitrogens with two attached hydrogens (primary N) is 1. The van der Waals surface area contributed by atoms with Gasteiger partial charge in [0.15, 0.2) is 0 Å². The van der Waals surface area contributed by atoms with Gasteiger partial charge in [-0.2, -0.15) is 10.4 Å². The standard InChI is InChI=1S/C31H34N6O/c1-18-26(16-36-37(18)17-31-11-19-7-20(12-31)9-21(8-19)13-31)28-23-4-6-34-15-27(23)24(30(33)38)10-25(28)29-22(14-32)3-2-5-35-29/h2-3,5,10,16,19-21,34H,4,6-9,11-13,15,17H2,1H3,(H2,33,38). The molecule has 2 aromatic heterocycles. The maximum absolute atomic E-state index is 12.6. The number of hydrogen-bond acceptors (Lipinski definition) is 5. The maximum atomic E-state index is 12.6. The lowest BCUT2D eigenvalue weighted by Gasteiger charge is -2.56. The number of amides is 1. The third kappa shape index (κ3) is 3.69. The molecule has 4 bridgehead atoms. The number of hydrogen-bond donors (Lipinski definition) is 2. The van der Waals surface area contributed by atoms with E-state index in [2.05, 4.69) is 28.0 Å². The Bertz CT molecular complexity index is 1460. The Labute approximate surface area is 223 Å². The highest BCUT2D eigenvalue weighted by Crippen LogP contribution is 2.60. The third-order valence-corrected chi connectivity index (χ3v) is 9.87. The molecule has 3 N–H and O–H groups in total. The van der Waals surface area contributed by atoms with Crippen LogP contribution in [0.3, 0.4) is 0 Å². The van der Waals surface area contributed by atoms with Crippen molar-refractivity contribution in [1.82, 2.24) is 20.1 Å². The highest BCUT2D eigenvalue weighted by atomic mass is 16.1. The summed E-state index contributed by atoms with van der Waals surface area (Å²) in [7, 11) is 0. The lowest BCUT2D eigenvalue weighted by Crippen LogP contribution is -2.48. The van der Waals surface area contributed by atoms with E-state index in [0.717, 1.165) is 70.8 Å². The summed E-state index contributed by atoms with van der Waals surface area (Å²) in [5.41, 5.74) is 13.9. The summed E-state index contributed by atoms with van der Waals surface area (Å²) in [5.74, 6) is 2.24. The zero-order valence-corrected chi connectivity index (χ0v) is 22.0. The summed E-state index contributed by atoms with van der Waals surface area (Å²) >= 11 is 0. The molecule has 4 saturated carbocycles. The van der Waals surface area contributed by atoms with Crippen LogP contribution in [0.2, 0.25) is 0 Å². The van der Waals surface area contributed by atoms with E-state index in [1.54, 1.807) is 18.3 Å². The molecule has 0 unspecified atom stereocenters. The summed E-state index contributed by atoms with van der Waals surface area (Å²) in [4.78, 5) is 17.2. The van der Waals surface area contributed by atoms with Crippen molar-refractivity contribution in [3.8, 4) is 28.5 Å². The van der Waals surface area contributed by atoms with Gasteiger partial charge in [-0.3, -0.25) is 14.5 Å². The average molecular weight is 507 g/mol. The van der Waals surface area contributed by atoms with E-state index in [1.807, 2.05) is 12.3 Å². The van der Waals surface area contributed by atoms with Gasteiger partial charge in [-0.25, -0.2) is 0 Å². The minimum atomic E-state index is -0.457. The first-order valence-electron chi connectivity index (χ1n) is 14.0. The van der Waals surface area contributed by atoms with E-state index in [9.17, 15) is 10.1 Å². The quantitative estimate of drug-likeness (QED) is 0.519. The lowest BCUT2D eigenvalue weighted by atomic mass is 9.49. The highest BCUT2D eigenvalue weighted by Gasteiger charge is 2.51. The van der Waals surface area contributed by atoms with E-state index in [1.165, 1.54) is 38.5 Å². The van der Waals surface area contributed by atoms with E-state index in [-0.39, 0.29) is 0 Å². The summed E-state index contributed by atoms with van der Waals surface area (Å²) in [6.45, 7) is 4.56. The van der Waals surface area contributed by atoms with Gasteiger partial charge in [0, 0.05) is 41.7 Å². The number of benzene rings is 1. The number of nitrogens with one attached hydrogen (secondary N) is 1. The first-order chi connectivity index (χ1) is 18.4. The van der Waals surface area contributed by atoms with Gasteiger partial charge in [0.05, 0.1) is 17.5 Å². The van der Waals surface area contributed by atoms with Crippen LogP contribution in [0.1, 0.15) is 71.3 Å². The Hall–Kier alpha value is -3.50. The SMILES string of the molecule is Cc1c(-c2c(-c3ncccc3C#N)cc(C(N)=O)c3c2CCNC3)cnn1CC12CC3CC(CC(C3)C1)C2. The number of carbonyl (C=O) groups excluding carboxylic acids is 1. The molecule has 38 heavy (non-hydrogen) atoms. The van der Waals surface area contributed by atoms with Gasteiger partial charge in [0.25, 0.3) is 0 Å². The number of pyridine rings is 1. The molecule has 4 aliphatic carbocycles. The first kappa shape index (κ1) is 23.6. The van der Waals surface area contributed by atoms with Crippen molar-refractivity contribution in [1.29, 1.82) is 5.26 Å². The van der Waals surface area contributed by atoms with Crippen molar-refractivity contribution in [3.63, 3.8) is 0 Å². The molecule has 0 spiro atoms. The van der Waals surface area contributed by atoms with Gasteiger partial charge in [0.1, 0.15) is 6.07 Å². The Balaban J connectivity index is 1.38. The molecule has 1 aliphatic heterocycles. The normalized spacial score (nSPS) is 27.2. The van der Waals surface area contributed by atoms with Gasteiger partial charge in [-0.15, -0.1) is 0 Å². The van der Waals surface area contributed by atoms with Crippen LogP contribution in [0.4, 0.5) is 0 Å². The zero-order valence-electron chi connectivity index (χ0n) is 22.0. The molecule has 4 fully saturated rings. The monoisotopic (exact) mass is 506 g/mol. The molecule has 0 saturated heterocycles. The van der Waals surface area contributed by atoms with E-state index < -0.39 is 5.91 Å². The average Bonchev–Trinajstić information content (AvgIpc) is 3.25.